The van der Waals surface area contributed by atoms with E-state index in [1.165, 1.54) is 0 Å². The summed E-state index contributed by atoms with van der Waals surface area (Å²) in [6.07, 6.45) is 4.08. The van der Waals surface area contributed by atoms with Gasteiger partial charge in [0, 0.05) is 30.4 Å². The molecule has 1 heterocycles. The van der Waals surface area contributed by atoms with Crippen LogP contribution in [0.3, 0.4) is 0 Å². The topological polar surface area (TPSA) is 55.1 Å². The molecule has 0 bridgehead atoms. The predicted molar refractivity (Wildman–Crippen MR) is 68.7 cm³/mol. The number of carboxylic acid groups (broad SMARTS) is 1. The average Bonchev–Trinajstić information content (AvgIpc) is 2.77. The number of nitrogens with zero attached hydrogens (tertiary/aromatic N) is 2. The largest absolute Gasteiger partial charge is 0.481 e. The Morgan fingerprint density at radius 1 is 1.33 bits per heavy atom. The molecule has 2 rings (SSSR count). The molecule has 0 aliphatic heterocycles. The Labute approximate surface area is 110 Å². The van der Waals surface area contributed by atoms with Crippen LogP contribution in [0.2, 0.25) is 5.02 Å². The first-order valence-electron chi connectivity index (χ1n) is 5.61. The molecule has 0 aliphatic rings. The van der Waals surface area contributed by atoms with Crippen molar-refractivity contribution in [3.63, 3.8) is 0 Å². The van der Waals surface area contributed by atoms with Crippen LogP contribution < -0.4 is 0 Å². The monoisotopic (exact) mass is 264 g/mol. The van der Waals surface area contributed by atoms with Gasteiger partial charge in [-0.15, -0.1) is 0 Å². The van der Waals surface area contributed by atoms with Crippen molar-refractivity contribution in [2.45, 2.75) is 19.4 Å². The minimum absolute atomic E-state index is 0.0949. The molecule has 0 saturated heterocycles. The molecule has 0 unspecified atom stereocenters. The Bertz CT molecular complexity index is 534. The number of halogens is 1. The highest BCUT2D eigenvalue weighted by atomic mass is 35.5. The van der Waals surface area contributed by atoms with Crippen molar-refractivity contribution in [2.24, 2.45) is 0 Å². The maximum absolute atomic E-state index is 10.5. The van der Waals surface area contributed by atoms with Crippen LogP contribution in [0, 0.1) is 0 Å². The van der Waals surface area contributed by atoms with E-state index >= 15 is 0 Å². The van der Waals surface area contributed by atoms with E-state index in [4.69, 9.17) is 16.7 Å². The number of aryl methyl sites for hydroxylation is 1. The highest BCUT2D eigenvalue weighted by molar-refractivity contribution is 6.30. The molecule has 18 heavy (non-hydrogen) atoms. The lowest BCUT2D eigenvalue weighted by atomic mass is 10.2. The number of rotatable bonds is 5. The summed E-state index contributed by atoms with van der Waals surface area (Å²) >= 11 is 5.82. The number of carbonyl (C=O) groups is 1. The summed E-state index contributed by atoms with van der Waals surface area (Å²) in [6, 6.07) is 7.57. The molecule has 2 aromatic rings. The van der Waals surface area contributed by atoms with E-state index in [1.807, 2.05) is 35.0 Å². The molecule has 94 valence electrons. The second kappa shape index (κ2) is 5.69. The van der Waals surface area contributed by atoms with Gasteiger partial charge in [0.15, 0.2) is 0 Å². The highest BCUT2D eigenvalue weighted by Gasteiger charge is 2.06. The fourth-order valence-corrected chi connectivity index (χ4v) is 1.84. The SMILES string of the molecule is O=C(O)CCc1nccn1Cc1ccc(Cl)cc1. The molecule has 5 heteroatoms. The zero-order valence-electron chi connectivity index (χ0n) is 9.71. The lowest BCUT2D eigenvalue weighted by Crippen LogP contribution is -2.07. The number of hydrogen-bond acceptors (Lipinski definition) is 2. The van der Waals surface area contributed by atoms with Crippen molar-refractivity contribution >= 4 is 17.6 Å². The lowest BCUT2D eigenvalue weighted by Gasteiger charge is -2.07. The van der Waals surface area contributed by atoms with Gasteiger partial charge in [-0.1, -0.05) is 23.7 Å². The van der Waals surface area contributed by atoms with Gasteiger partial charge < -0.3 is 9.67 Å². The number of carboxylic acids is 1. The van der Waals surface area contributed by atoms with E-state index < -0.39 is 5.97 Å². The van der Waals surface area contributed by atoms with E-state index in [1.54, 1.807) is 6.20 Å². The summed E-state index contributed by atoms with van der Waals surface area (Å²) < 4.78 is 1.95. The second-order valence-electron chi connectivity index (χ2n) is 3.99. The molecular weight excluding hydrogens is 252 g/mol. The first-order chi connectivity index (χ1) is 8.65. The fourth-order valence-electron chi connectivity index (χ4n) is 1.72. The van der Waals surface area contributed by atoms with Gasteiger partial charge in [0.2, 0.25) is 0 Å². The quantitative estimate of drug-likeness (QED) is 0.903. The molecule has 1 aromatic carbocycles. The maximum Gasteiger partial charge on any atom is 0.303 e. The molecule has 1 aromatic heterocycles. The van der Waals surface area contributed by atoms with E-state index in [-0.39, 0.29) is 6.42 Å². The van der Waals surface area contributed by atoms with Crippen molar-refractivity contribution in [3.05, 3.63) is 53.1 Å². The van der Waals surface area contributed by atoms with Gasteiger partial charge >= 0.3 is 5.97 Å². The van der Waals surface area contributed by atoms with Crippen LogP contribution in [0.5, 0.6) is 0 Å². The van der Waals surface area contributed by atoms with Gasteiger partial charge in [0.1, 0.15) is 5.82 Å². The summed E-state index contributed by atoms with van der Waals surface area (Å²) in [5, 5.41) is 9.38. The lowest BCUT2D eigenvalue weighted by molar-refractivity contribution is -0.137. The first kappa shape index (κ1) is 12.6. The Hall–Kier alpha value is -1.81. The minimum Gasteiger partial charge on any atom is -0.481 e. The molecule has 0 amide bonds. The van der Waals surface area contributed by atoms with Crippen molar-refractivity contribution in [2.75, 3.05) is 0 Å². The Morgan fingerprint density at radius 2 is 2.06 bits per heavy atom. The van der Waals surface area contributed by atoms with Gasteiger partial charge in [-0.3, -0.25) is 4.79 Å². The van der Waals surface area contributed by atoms with E-state index in [9.17, 15) is 4.79 Å². The molecule has 0 saturated carbocycles. The average molecular weight is 265 g/mol. The Balaban J connectivity index is 2.07. The van der Waals surface area contributed by atoms with E-state index in [0.717, 1.165) is 11.4 Å². The number of benzene rings is 1. The predicted octanol–water partition coefficient (Wildman–Crippen LogP) is 2.60. The zero-order chi connectivity index (χ0) is 13.0. The molecule has 0 radical (unpaired) electrons. The van der Waals surface area contributed by atoms with Crippen LogP contribution in [0.25, 0.3) is 0 Å². The Morgan fingerprint density at radius 3 is 2.72 bits per heavy atom. The van der Waals surface area contributed by atoms with Gasteiger partial charge in [-0.25, -0.2) is 4.98 Å². The molecular formula is C13H13ClN2O2. The fraction of sp³-hybridized carbons (Fsp3) is 0.231. The molecule has 4 nitrogen and oxygen atoms in total. The van der Waals surface area contributed by atoms with Gasteiger partial charge in [-0.05, 0) is 17.7 Å². The smallest absolute Gasteiger partial charge is 0.303 e. The standard InChI is InChI=1S/C13H13ClN2O2/c14-11-3-1-10(2-4-11)9-16-8-7-15-12(16)5-6-13(17)18/h1-4,7-8H,5-6,9H2,(H,17,18). The van der Waals surface area contributed by atoms with Crippen LogP contribution in [0.4, 0.5) is 0 Å². The van der Waals surface area contributed by atoms with Crippen molar-refractivity contribution < 1.29 is 9.90 Å². The summed E-state index contributed by atoms with van der Waals surface area (Å²) in [7, 11) is 0. The summed E-state index contributed by atoms with van der Waals surface area (Å²) in [5.74, 6) is -0.0246. The summed E-state index contributed by atoms with van der Waals surface area (Å²) in [6.45, 7) is 0.673. The Kier molecular flexibility index (Phi) is 3.99. The molecule has 0 fully saturated rings. The van der Waals surface area contributed by atoms with Crippen molar-refractivity contribution in [1.82, 2.24) is 9.55 Å². The van der Waals surface area contributed by atoms with Crippen LogP contribution >= 0.6 is 11.6 Å². The van der Waals surface area contributed by atoms with Gasteiger partial charge in [0.25, 0.3) is 0 Å². The summed E-state index contributed by atoms with van der Waals surface area (Å²) in [5.41, 5.74) is 1.11. The molecule has 0 atom stereocenters. The number of imidazole rings is 1. The van der Waals surface area contributed by atoms with Crippen LogP contribution in [-0.2, 0) is 17.8 Å². The zero-order valence-corrected chi connectivity index (χ0v) is 10.5. The molecule has 0 aliphatic carbocycles. The van der Waals surface area contributed by atoms with Crippen molar-refractivity contribution in [3.8, 4) is 0 Å². The van der Waals surface area contributed by atoms with E-state index in [0.29, 0.717) is 18.0 Å². The third kappa shape index (κ3) is 3.34. The first-order valence-corrected chi connectivity index (χ1v) is 5.99. The van der Waals surface area contributed by atoms with Gasteiger partial charge in [-0.2, -0.15) is 0 Å². The van der Waals surface area contributed by atoms with Crippen LogP contribution in [0.1, 0.15) is 17.8 Å². The molecule has 0 spiro atoms. The van der Waals surface area contributed by atoms with Crippen LogP contribution in [-0.4, -0.2) is 20.6 Å². The van der Waals surface area contributed by atoms with Crippen molar-refractivity contribution in [1.29, 1.82) is 0 Å². The number of aliphatic carboxylic acids is 1. The van der Waals surface area contributed by atoms with Gasteiger partial charge in [0.05, 0.1) is 6.42 Å². The van der Waals surface area contributed by atoms with E-state index in [2.05, 4.69) is 4.98 Å². The summed E-state index contributed by atoms with van der Waals surface area (Å²) in [4.78, 5) is 14.7. The normalized spacial score (nSPS) is 10.5. The number of hydrogen-bond donors (Lipinski definition) is 1. The van der Waals surface area contributed by atoms with Crippen LogP contribution in [0.15, 0.2) is 36.7 Å². The second-order valence-corrected chi connectivity index (χ2v) is 4.43. The third-order valence-electron chi connectivity index (χ3n) is 2.63. The maximum atomic E-state index is 10.5. The number of aromatic nitrogens is 2. The minimum atomic E-state index is -0.809. The third-order valence-corrected chi connectivity index (χ3v) is 2.88. The molecule has 1 N–H and O–H groups in total. The highest BCUT2D eigenvalue weighted by Crippen LogP contribution is 2.12.